The Balaban J connectivity index is 1.83. The zero-order valence-corrected chi connectivity index (χ0v) is 17.3. The summed E-state index contributed by atoms with van der Waals surface area (Å²) in [4.78, 5) is 16.8. The molecule has 1 aromatic heterocycles. The van der Waals surface area contributed by atoms with Crippen LogP contribution in [-0.2, 0) is 0 Å². The number of carbonyl (C=O) groups excluding carboxylic acids is 1. The Hall–Kier alpha value is -2.87. The van der Waals surface area contributed by atoms with Gasteiger partial charge in [0, 0.05) is 10.0 Å². The second-order valence-electron chi connectivity index (χ2n) is 6.02. The molecule has 1 amide bonds. The van der Waals surface area contributed by atoms with Crippen molar-refractivity contribution in [2.75, 3.05) is 19.0 Å². The molecule has 0 aliphatic heterocycles. The highest BCUT2D eigenvalue weighted by Gasteiger charge is 2.14. The average Bonchev–Trinajstić information content (AvgIpc) is 3.23. The number of anilines is 1. The Kier molecular flexibility index (Phi) is 6.65. The van der Waals surface area contributed by atoms with E-state index >= 15 is 0 Å². The summed E-state index contributed by atoms with van der Waals surface area (Å²) in [6.07, 6.45) is 5.02. The maximum Gasteiger partial charge on any atom is 0.255 e. The third kappa shape index (κ3) is 4.69. The Morgan fingerprint density at radius 3 is 2.79 bits per heavy atom. The lowest BCUT2D eigenvalue weighted by molar-refractivity contribution is 0.102. The summed E-state index contributed by atoms with van der Waals surface area (Å²) < 4.78 is 13.5. The topological polar surface area (TPSA) is 78.3 Å². The average molecular weight is 445 g/mol. The highest BCUT2D eigenvalue weighted by Crippen LogP contribution is 2.30. The van der Waals surface area contributed by atoms with E-state index in [0.717, 1.165) is 17.3 Å². The quantitative estimate of drug-likeness (QED) is 0.518. The van der Waals surface area contributed by atoms with Crippen molar-refractivity contribution in [3.05, 3.63) is 59.1 Å². The molecule has 146 valence electrons. The van der Waals surface area contributed by atoms with Crippen LogP contribution in [0.25, 0.3) is 5.69 Å². The monoisotopic (exact) mass is 444 g/mol. The lowest BCUT2D eigenvalue weighted by Gasteiger charge is -2.14. The van der Waals surface area contributed by atoms with Crippen LogP contribution >= 0.6 is 15.9 Å². The molecule has 0 radical (unpaired) electrons. The van der Waals surface area contributed by atoms with Crippen molar-refractivity contribution >= 4 is 27.5 Å². The molecule has 0 spiro atoms. The van der Waals surface area contributed by atoms with E-state index in [4.69, 9.17) is 9.47 Å². The van der Waals surface area contributed by atoms with Crippen molar-refractivity contribution in [2.45, 2.75) is 19.8 Å². The number of hydrogen-bond acceptors (Lipinski definition) is 5. The first-order chi connectivity index (χ1) is 13.6. The number of rotatable bonds is 8. The van der Waals surface area contributed by atoms with Gasteiger partial charge in [-0.05, 0) is 42.8 Å². The minimum Gasteiger partial charge on any atom is -0.493 e. The minimum atomic E-state index is -0.266. The van der Waals surface area contributed by atoms with Gasteiger partial charge >= 0.3 is 0 Å². The molecule has 2 aromatic carbocycles. The summed E-state index contributed by atoms with van der Waals surface area (Å²) in [5.74, 6) is 0.880. The van der Waals surface area contributed by atoms with Crippen molar-refractivity contribution in [3.8, 4) is 17.2 Å². The van der Waals surface area contributed by atoms with E-state index in [1.165, 1.54) is 6.33 Å². The number of methoxy groups -OCH3 is 1. The van der Waals surface area contributed by atoms with Crippen molar-refractivity contribution in [1.82, 2.24) is 14.8 Å². The van der Waals surface area contributed by atoms with Gasteiger partial charge in [0.1, 0.15) is 12.7 Å². The molecule has 0 atom stereocenters. The van der Waals surface area contributed by atoms with Crippen molar-refractivity contribution < 1.29 is 14.3 Å². The van der Waals surface area contributed by atoms with E-state index in [0.29, 0.717) is 35.0 Å². The van der Waals surface area contributed by atoms with Crippen LogP contribution < -0.4 is 14.8 Å². The first-order valence-corrected chi connectivity index (χ1v) is 9.68. The van der Waals surface area contributed by atoms with Gasteiger partial charge in [0.05, 0.1) is 25.1 Å². The molecular formula is C20H21BrN4O3. The Morgan fingerprint density at radius 1 is 1.21 bits per heavy atom. The number of unbranched alkanes of at least 4 members (excludes halogenated alkanes) is 1. The molecule has 0 saturated carbocycles. The van der Waals surface area contributed by atoms with Gasteiger partial charge in [-0.15, -0.1) is 0 Å². The van der Waals surface area contributed by atoms with Gasteiger partial charge in [-0.25, -0.2) is 9.67 Å². The number of amides is 1. The summed E-state index contributed by atoms with van der Waals surface area (Å²) in [6.45, 7) is 2.71. The number of benzene rings is 2. The maximum atomic E-state index is 12.8. The first kappa shape index (κ1) is 19.9. The van der Waals surface area contributed by atoms with Crippen molar-refractivity contribution in [3.63, 3.8) is 0 Å². The summed E-state index contributed by atoms with van der Waals surface area (Å²) in [6, 6.07) is 10.7. The van der Waals surface area contributed by atoms with Crippen LogP contribution in [0.5, 0.6) is 11.5 Å². The van der Waals surface area contributed by atoms with Gasteiger partial charge in [-0.1, -0.05) is 29.3 Å². The molecule has 1 heterocycles. The number of nitrogens with one attached hydrogen (secondary N) is 1. The SMILES string of the molecule is CCCCOc1ccc(C(=O)Nc2cc(Br)ccc2-n2cncn2)cc1OC. The highest BCUT2D eigenvalue weighted by molar-refractivity contribution is 9.10. The van der Waals surface area contributed by atoms with Gasteiger partial charge < -0.3 is 14.8 Å². The second-order valence-corrected chi connectivity index (χ2v) is 6.94. The molecule has 8 heteroatoms. The van der Waals surface area contributed by atoms with Gasteiger partial charge in [-0.2, -0.15) is 5.10 Å². The third-order valence-corrected chi connectivity index (χ3v) is 4.55. The molecule has 0 fully saturated rings. The molecule has 1 N–H and O–H groups in total. The molecule has 3 aromatic rings. The fraction of sp³-hybridized carbons (Fsp3) is 0.250. The van der Waals surface area contributed by atoms with E-state index in [2.05, 4.69) is 38.3 Å². The lowest BCUT2D eigenvalue weighted by atomic mass is 10.1. The number of hydrogen-bond donors (Lipinski definition) is 1. The molecule has 28 heavy (non-hydrogen) atoms. The van der Waals surface area contributed by atoms with Gasteiger partial charge in [0.2, 0.25) is 0 Å². The molecular weight excluding hydrogens is 424 g/mol. The van der Waals surface area contributed by atoms with Gasteiger partial charge in [0.15, 0.2) is 11.5 Å². The number of aromatic nitrogens is 3. The van der Waals surface area contributed by atoms with Gasteiger partial charge in [0.25, 0.3) is 5.91 Å². The Bertz CT molecular complexity index is 945. The summed E-state index contributed by atoms with van der Waals surface area (Å²) in [5.41, 5.74) is 1.77. The molecule has 0 bridgehead atoms. The van der Waals surface area contributed by atoms with Crippen molar-refractivity contribution in [2.24, 2.45) is 0 Å². The molecule has 0 aliphatic carbocycles. The smallest absolute Gasteiger partial charge is 0.255 e. The van der Waals surface area contributed by atoms with E-state index in [1.54, 1.807) is 36.3 Å². The van der Waals surface area contributed by atoms with E-state index in [1.807, 2.05) is 18.2 Å². The first-order valence-electron chi connectivity index (χ1n) is 8.89. The summed E-state index contributed by atoms with van der Waals surface area (Å²) in [7, 11) is 1.56. The van der Waals surface area contributed by atoms with Crippen LogP contribution in [0.2, 0.25) is 0 Å². The number of carbonyl (C=O) groups is 1. The summed E-state index contributed by atoms with van der Waals surface area (Å²) >= 11 is 3.43. The minimum absolute atomic E-state index is 0.266. The molecule has 7 nitrogen and oxygen atoms in total. The fourth-order valence-corrected chi connectivity index (χ4v) is 2.95. The molecule has 0 saturated heterocycles. The third-order valence-electron chi connectivity index (χ3n) is 4.05. The number of ether oxygens (including phenoxy) is 2. The zero-order chi connectivity index (χ0) is 19.9. The van der Waals surface area contributed by atoms with Crippen LogP contribution in [0, 0.1) is 0 Å². The van der Waals surface area contributed by atoms with Crippen molar-refractivity contribution in [1.29, 1.82) is 0 Å². The van der Waals surface area contributed by atoms with Crippen LogP contribution in [0.3, 0.4) is 0 Å². The predicted octanol–water partition coefficient (Wildman–Crippen LogP) is 4.47. The summed E-state index contributed by atoms with van der Waals surface area (Å²) in [5, 5.41) is 7.06. The van der Waals surface area contributed by atoms with E-state index in [9.17, 15) is 4.79 Å². The standard InChI is InChI=1S/C20H21BrN4O3/c1-3-4-9-28-18-8-5-14(10-19(18)27-2)20(26)24-16-11-15(21)6-7-17(16)25-13-22-12-23-25/h5-8,10-13H,3-4,9H2,1-2H3,(H,24,26). The Labute approximate surface area is 171 Å². The number of halogens is 1. The molecule has 3 rings (SSSR count). The molecule has 0 unspecified atom stereocenters. The van der Waals surface area contributed by atoms with E-state index < -0.39 is 0 Å². The normalized spacial score (nSPS) is 10.5. The van der Waals surface area contributed by atoms with Gasteiger partial charge in [-0.3, -0.25) is 4.79 Å². The highest BCUT2D eigenvalue weighted by atomic mass is 79.9. The lowest BCUT2D eigenvalue weighted by Crippen LogP contribution is -2.14. The zero-order valence-electron chi connectivity index (χ0n) is 15.7. The predicted molar refractivity (Wildman–Crippen MR) is 110 cm³/mol. The van der Waals surface area contributed by atoms with Crippen LogP contribution in [0.15, 0.2) is 53.5 Å². The maximum absolute atomic E-state index is 12.8. The second kappa shape index (κ2) is 9.36. The Morgan fingerprint density at radius 2 is 2.07 bits per heavy atom. The largest absolute Gasteiger partial charge is 0.493 e. The van der Waals surface area contributed by atoms with Crippen LogP contribution in [0.1, 0.15) is 30.1 Å². The van der Waals surface area contributed by atoms with Crippen LogP contribution in [0.4, 0.5) is 5.69 Å². The van der Waals surface area contributed by atoms with E-state index in [-0.39, 0.29) is 5.91 Å². The molecule has 0 aliphatic rings. The fourth-order valence-electron chi connectivity index (χ4n) is 2.59. The van der Waals surface area contributed by atoms with Crippen LogP contribution in [-0.4, -0.2) is 34.4 Å². The number of nitrogens with zero attached hydrogens (tertiary/aromatic N) is 3.